The van der Waals surface area contributed by atoms with E-state index in [0.29, 0.717) is 6.04 Å². The number of nitrogens with zero attached hydrogens (tertiary/aromatic N) is 1. The highest BCUT2D eigenvalue weighted by Crippen LogP contribution is 2.34. The van der Waals surface area contributed by atoms with Gasteiger partial charge in [-0.2, -0.15) is 0 Å². The van der Waals surface area contributed by atoms with Crippen molar-refractivity contribution < 1.29 is 12.8 Å². The number of fused-ring (bicyclic) bond motifs is 3. The SMILES string of the molecule is CNS(=O)(=O)c1ccc2oc3c(c2c1)CC(N(C)C)CC3.Cl. The van der Waals surface area contributed by atoms with Crippen LogP contribution in [0.5, 0.6) is 0 Å². The van der Waals surface area contributed by atoms with Gasteiger partial charge in [0.25, 0.3) is 0 Å². The van der Waals surface area contributed by atoms with Crippen LogP contribution in [-0.2, 0) is 22.9 Å². The van der Waals surface area contributed by atoms with E-state index >= 15 is 0 Å². The van der Waals surface area contributed by atoms with Crippen molar-refractivity contribution >= 4 is 33.4 Å². The Balaban J connectivity index is 0.00000176. The number of hydrogen-bond donors (Lipinski definition) is 1. The lowest BCUT2D eigenvalue weighted by atomic mass is 9.91. The molecule has 3 rings (SSSR count). The normalized spacial score (nSPS) is 18.3. The number of nitrogens with one attached hydrogen (secondary N) is 1. The van der Waals surface area contributed by atoms with Gasteiger partial charge in [0.2, 0.25) is 10.0 Å². The van der Waals surface area contributed by atoms with Gasteiger partial charge in [0.05, 0.1) is 4.90 Å². The minimum Gasteiger partial charge on any atom is -0.461 e. The molecule has 0 saturated heterocycles. The number of furan rings is 1. The molecular formula is C15H21ClN2O3S. The van der Waals surface area contributed by atoms with Crippen molar-refractivity contribution in [3.63, 3.8) is 0 Å². The number of hydrogen-bond acceptors (Lipinski definition) is 4. The molecule has 0 fully saturated rings. The summed E-state index contributed by atoms with van der Waals surface area (Å²) in [4.78, 5) is 2.50. The van der Waals surface area contributed by atoms with E-state index in [1.807, 2.05) is 0 Å². The summed E-state index contributed by atoms with van der Waals surface area (Å²) in [5, 5.41) is 0.924. The molecule has 1 atom stereocenters. The van der Waals surface area contributed by atoms with Crippen LogP contribution >= 0.6 is 12.4 Å². The highest BCUT2D eigenvalue weighted by molar-refractivity contribution is 7.89. The Kier molecular flexibility index (Phi) is 4.87. The summed E-state index contributed by atoms with van der Waals surface area (Å²) < 4.78 is 32.2. The molecule has 1 unspecified atom stereocenters. The van der Waals surface area contributed by atoms with Crippen LogP contribution in [0, 0.1) is 0 Å². The molecule has 0 aliphatic heterocycles. The molecule has 5 nitrogen and oxygen atoms in total. The highest BCUT2D eigenvalue weighted by Gasteiger charge is 2.26. The Morgan fingerprint density at radius 2 is 2.05 bits per heavy atom. The van der Waals surface area contributed by atoms with Gasteiger partial charge >= 0.3 is 0 Å². The summed E-state index contributed by atoms with van der Waals surface area (Å²) in [6.45, 7) is 0. The predicted octanol–water partition coefficient (Wildman–Crippen LogP) is 2.18. The zero-order valence-electron chi connectivity index (χ0n) is 12.9. The number of sulfonamides is 1. The van der Waals surface area contributed by atoms with E-state index in [1.165, 1.54) is 7.05 Å². The molecule has 0 saturated carbocycles. The molecule has 0 spiro atoms. The topological polar surface area (TPSA) is 62.6 Å². The number of rotatable bonds is 3. The van der Waals surface area contributed by atoms with Crippen LogP contribution in [-0.4, -0.2) is 40.5 Å². The molecule has 0 bridgehead atoms. The van der Waals surface area contributed by atoms with E-state index in [2.05, 4.69) is 23.7 Å². The van der Waals surface area contributed by atoms with Gasteiger partial charge in [-0.3, -0.25) is 0 Å². The monoisotopic (exact) mass is 344 g/mol. The van der Waals surface area contributed by atoms with Crippen molar-refractivity contribution in [3.05, 3.63) is 29.5 Å². The third-order valence-electron chi connectivity index (χ3n) is 4.30. The van der Waals surface area contributed by atoms with Gasteiger partial charge in [0, 0.05) is 23.4 Å². The molecule has 0 amide bonds. The second kappa shape index (κ2) is 6.20. The van der Waals surface area contributed by atoms with E-state index in [0.717, 1.165) is 41.6 Å². The van der Waals surface area contributed by atoms with Crippen LogP contribution in [0.25, 0.3) is 11.0 Å². The lowest BCUT2D eigenvalue weighted by Crippen LogP contribution is -2.33. The summed E-state index contributed by atoms with van der Waals surface area (Å²) in [6, 6.07) is 5.54. The van der Waals surface area contributed by atoms with Crippen molar-refractivity contribution in [2.75, 3.05) is 21.1 Å². The average molecular weight is 345 g/mol. The Labute approximate surface area is 137 Å². The summed E-state index contributed by atoms with van der Waals surface area (Å²) in [6.07, 6.45) is 2.88. The van der Waals surface area contributed by atoms with E-state index in [9.17, 15) is 8.42 Å². The first-order valence-corrected chi connectivity index (χ1v) is 8.55. The number of likely N-dealkylation sites (N-methyl/N-ethyl adjacent to an activating group) is 1. The van der Waals surface area contributed by atoms with Crippen molar-refractivity contribution in [2.45, 2.75) is 30.2 Å². The second-order valence-electron chi connectivity index (χ2n) is 5.73. The van der Waals surface area contributed by atoms with Gasteiger partial charge in [-0.1, -0.05) is 0 Å². The van der Waals surface area contributed by atoms with Crippen molar-refractivity contribution in [1.29, 1.82) is 0 Å². The first-order valence-electron chi connectivity index (χ1n) is 7.06. The molecule has 1 aliphatic rings. The number of benzene rings is 1. The molecule has 0 radical (unpaired) electrons. The van der Waals surface area contributed by atoms with Crippen LogP contribution < -0.4 is 4.72 Å². The standard InChI is InChI=1S/C15H20N2O3S.ClH/c1-16-21(18,19)11-5-7-15-13(9-11)12-8-10(17(2)3)4-6-14(12)20-15;/h5,7,9-10,16H,4,6,8H2,1-3H3;1H. The maximum atomic E-state index is 12.0. The molecule has 122 valence electrons. The first kappa shape index (κ1) is 17.3. The van der Waals surface area contributed by atoms with Crippen molar-refractivity contribution in [3.8, 4) is 0 Å². The zero-order chi connectivity index (χ0) is 15.2. The molecular weight excluding hydrogens is 324 g/mol. The molecule has 1 heterocycles. The number of aryl methyl sites for hydroxylation is 1. The zero-order valence-corrected chi connectivity index (χ0v) is 14.6. The fourth-order valence-corrected chi connectivity index (χ4v) is 3.72. The second-order valence-corrected chi connectivity index (χ2v) is 7.62. The van der Waals surface area contributed by atoms with Gasteiger partial charge in [-0.25, -0.2) is 13.1 Å². The quantitative estimate of drug-likeness (QED) is 0.927. The Morgan fingerprint density at radius 1 is 1.32 bits per heavy atom. The van der Waals surface area contributed by atoms with E-state index in [4.69, 9.17) is 4.42 Å². The molecule has 1 aliphatic carbocycles. The minimum atomic E-state index is -3.43. The van der Waals surface area contributed by atoms with Crippen LogP contribution in [0.2, 0.25) is 0 Å². The van der Waals surface area contributed by atoms with Gasteiger partial charge in [0.15, 0.2) is 0 Å². The highest BCUT2D eigenvalue weighted by atomic mass is 35.5. The molecule has 1 N–H and O–H groups in total. The summed E-state index contributed by atoms with van der Waals surface area (Å²) in [5.74, 6) is 1.00. The molecule has 2 aromatic rings. The lowest BCUT2D eigenvalue weighted by molar-refractivity contribution is 0.261. The van der Waals surface area contributed by atoms with Crippen LogP contribution in [0.15, 0.2) is 27.5 Å². The predicted molar refractivity (Wildman–Crippen MR) is 89.2 cm³/mol. The summed E-state index contributed by atoms with van der Waals surface area (Å²) in [5.41, 5.74) is 1.93. The van der Waals surface area contributed by atoms with Gasteiger partial charge < -0.3 is 9.32 Å². The van der Waals surface area contributed by atoms with Crippen LogP contribution in [0.3, 0.4) is 0 Å². The fourth-order valence-electron chi connectivity index (χ4n) is 2.97. The molecule has 1 aromatic heterocycles. The third kappa shape index (κ3) is 2.88. The lowest BCUT2D eigenvalue weighted by Gasteiger charge is -2.27. The van der Waals surface area contributed by atoms with Crippen LogP contribution in [0.4, 0.5) is 0 Å². The fraction of sp³-hybridized carbons (Fsp3) is 0.467. The van der Waals surface area contributed by atoms with Crippen LogP contribution in [0.1, 0.15) is 17.7 Å². The summed E-state index contributed by atoms with van der Waals surface area (Å²) in [7, 11) is 2.15. The Bertz CT molecular complexity index is 783. The largest absolute Gasteiger partial charge is 0.461 e. The van der Waals surface area contributed by atoms with Crippen molar-refractivity contribution in [2.24, 2.45) is 0 Å². The third-order valence-corrected chi connectivity index (χ3v) is 5.71. The number of halogens is 1. The van der Waals surface area contributed by atoms with Crippen molar-refractivity contribution in [1.82, 2.24) is 9.62 Å². The van der Waals surface area contributed by atoms with Gasteiger partial charge in [-0.15, -0.1) is 12.4 Å². The van der Waals surface area contributed by atoms with Gasteiger partial charge in [-0.05, 0) is 52.2 Å². The van der Waals surface area contributed by atoms with Gasteiger partial charge in [0.1, 0.15) is 11.3 Å². The van der Waals surface area contributed by atoms with E-state index in [-0.39, 0.29) is 17.3 Å². The average Bonchev–Trinajstić information content (AvgIpc) is 2.83. The summed E-state index contributed by atoms with van der Waals surface area (Å²) >= 11 is 0. The molecule has 7 heteroatoms. The Hall–Kier alpha value is -1.08. The molecule has 22 heavy (non-hydrogen) atoms. The van der Waals surface area contributed by atoms with E-state index < -0.39 is 10.0 Å². The minimum absolute atomic E-state index is 0. The smallest absolute Gasteiger partial charge is 0.240 e. The molecule has 1 aromatic carbocycles. The Morgan fingerprint density at radius 3 is 2.68 bits per heavy atom. The first-order chi connectivity index (χ1) is 9.92. The maximum absolute atomic E-state index is 12.0. The maximum Gasteiger partial charge on any atom is 0.240 e. The van der Waals surface area contributed by atoms with E-state index in [1.54, 1.807) is 18.2 Å².